The second kappa shape index (κ2) is 5.32. The summed E-state index contributed by atoms with van der Waals surface area (Å²) in [5.74, 6) is 0. The lowest BCUT2D eigenvalue weighted by Crippen LogP contribution is -2.30. The maximum absolute atomic E-state index is 9.14. The quantitative estimate of drug-likeness (QED) is 0.627. The molecule has 3 rings (SSSR count). The zero-order valence-electron chi connectivity index (χ0n) is 11.2. The third-order valence-electron chi connectivity index (χ3n) is 3.62. The fourth-order valence-electron chi connectivity index (χ4n) is 2.56. The smallest absolute Gasteiger partial charge is 0.107 e. The number of nitrogens with one attached hydrogen (secondary N) is 1. The second-order valence-electron chi connectivity index (χ2n) is 4.85. The van der Waals surface area contributed by atoms with E-state index < -0.39 is 5.54 Å². The van der Waals surface area contributed by atoms with Crippen molar-refractivity contribution in [2.24, 2.45) is 0 Å². The predicted octanol–water partition coefficient (Wildman–Crippen LogP) is 4.26. The average molecular weight is 258 g/mol. The van der Waals surface area contributed by atoms with Crippen LogP contribution in [0.3, 0.4) is 0 Å². The van der Waals surface area contributed by atoms with E-state index in [4.69, 9.17) is 5.73 Å². The van der Waals surface area contributed by atoms with E-state index >= 15 is 0 Å². The summed E-state index contributed by atoms with van der Waals surface area (Å²) in [5, 5.41) is 0. The highest BCUT2D eigenvalue weighted by Crippen LogP contribution is 2.35. The van der Waals surface area contributed by atoms with E-state index in [1.165, 1.54) is 0 Å². The maximum atomic E-state index is 9.14. The van der Waals surface area contributed by atoms with Crippen molar-refractivity contribution in [1.29, 1.82) is 0 Å². The Morgan fingerprint density at radius 3 is 0.950 bits per heavy atom. The summed E-state index contributed by atoms with van der Waals surface area (Å²) < 4.78 is 0. The first kappa shape index (κ1) is 12.6. The summed E-state index contributed by atoms with van der Waals surface area (Å²) >= 11 is 0. The van der Waals surface area contributed by atoms with Gasteiger partial charge in [0.1, 0.15) is 5.54 Å². The van der Waals surface area contributed by atoms with Crippen molar-refractivity contribution in [3.63, 3.8) is 0 Å². The largest absolute Gasteiger partial charge is 0.237 e. The molecule has 0 bridgehead atoms. The van der Waals surface area contributed by atoms with Crippen molar-refractivity contribution in [2.45, 2.75) is 5.54 Å². The SMILES string of the molecule is [NH]C(c1ccccc1)(c1ccccc1)c1ccccc1. The van der Waals surface area contributed by atoms with E-state index in [1.807, 2.05) is 91.0 Å². The van der Waals surface area contributed by atoms with Crippen LogP contribution in [0.25, 0.3) is 0 Å². The zero-order valence-corrected chi connectivity index (χ0v) is 11.2. The molecule has 0 fully saturated rings. The van der Waals surface area contributed by atoms with Gasteiger partial charge in [0.05, 0.1) is 0 Å². The summed E-state index contributed by atoms with van der Waals surface area (Å²) in [6, 6.07) is 30.0. The Hall–Kier alpha value is -2.38. The van der Waals surface area contributed by atoms with Gasteiger partial charge in [-0.15, -0.1) is 0 Å². The van der Waals surface area contributed by atoms with Gasteiger partial charge < -0.3 is 0 Å². The minimum absolute atomic E-state index is 0.871. The first-order valence-corrected chi connectivity index (χ1v) is 6.73. The number of rotatable bonds is 3. The van der Waals surface area contributed by atoms with Gasteiger partial charge in [-0.25, -0.2) is 5.73 Å². The van der Waals surface area contributed by atoms with Crippen molar-refractivity contribution in [1.82, 2.24) is 5.73 Å². The molecule has 1 heteroatoms. The minimum atomic E-state index is -0.871. The molecule has 1 nitrogen and oxygen atoms in total. The topological polar surface area (TPSA) is 23.8 Å². The van der Waals surface area contributed by atoms with Crippen LogP contribution in [0, 0.1) is 0 Å². The highest BCUT2D eigenvalue weighted by molar-refractivity contribution is 5.48. The van der Waals surface area contributed by atoms with Crippen LogP contribution < -0.4 is 5.73 Å². The number of benzene rings is 3. The van der Waals surface area contributed by atoms with Crippen LogP contribution in [0.4, 0.5) is 0 Å². The molecule has 1 radical (unpaired) electrons. The molecule has 0 aliphatic heterocycles. The lowest BCUT2D eigenvalue weighted by atomic mass is 9.78. The normalized spacial score (nSPS) is 11.2. The van der Waals surface area contributed by atoms with Gasteiger partial charge >= 0.3 is 0 Å². The highest BCUT2D eigenvalue weighted by atomic mass is 14.7. The monoisotopic (exact) mass is 258 g/mol. The average Bonchev–Trinajstić information content (AvgIpc) is 2.56. The molecule has 1 N–H and O–H groups in total. The van der Waals surface area contributed by atoms with E-state index in [-0.39, 0.29) is 0 Å². The van der Waals surface area contributed by atoms with Crippen molar-refractivity contribution in [3.05, 3.63) is 108 Å². The summed E-state index contributed by atoms with van der Waals surface area (Å²) in [7, 11) is 0. The number of hydrogen-bond acceptors (Lipinski definition) is 0. The van der Waals surface area contributed by atoms with Crippen LogP contribution in [-0.4, -0.2) is 0 Å². The van der Waals surface area contributed by atoms with Crippen LogP contribution in [0.5, 0.6) is 0 Å². The Morgan fingerprint density at radius 2 is 0.700 bits per heavy atom. The fourth-order valence-corrected chi connectivity index (χ4v) is 2.56. The third-order valence-corrected chi connectivity index (χ3v) is 3.62. The van der Waals surface area contributed by atoms with Crippen molar-refractivity contribution in [2.75, 3.05) is 0 Å². The molecule has 0 saturated carbocycles. The molecule has 20 heavy (non-hydrogen) atoms. The molecule has 0 saturated heterocycles. The highest BCUT2D eigenvalue weighted by Gasteiger charge is 2.32. The summed E-state index contributed by atoms with van der Waals surface area (Å²) in [5.41, 5.74) is 11.2. The van der Waals surface area contributed by atoms with E-state index in [0.29, 0.717) is 0 Å². The Kier molecular flexibility index (Phi) is 3.36. The summed E-state index contributed by atoms with van der Waals surface area (Å²) in [6.07, 6.45) is 0. The summed E-state index contributed by atoms with van der Waals surface area (Å²) in [4.78, 5) is 0. The lowest BCUT2D eigenvalue weighted by molar-refractivity contribution is 0.628. The molecule has 0 spiro atoms. The van der Waals surface area contributed by atoms with Gasteiger partial charge in [0.2, 0.25) is 0 Å². The molecule has 0 unspecified atom stereocenters. The zero-order chi connectivity index (χ0) is 13.8. The van der Waals surface area contributed by atoms with Gasteiger partial charge in [0.25, 0.3) is 0 Å². The Balaban J connectivity index is 2.24. The molecule has 0 heterocycles. The second-order valence-corrected chi connectivity index (χ2v) is 4.85. The van der Waals surface area contributed by atoms with E-state index in [2.05, 4.69) is 0 Å². The Labute approximate surface area is 119 Å². The fraction of sp³-hybridized carbons (Fsp3) is 0.0526. The van der Waals surface area contributed by atoms with Crippen LogP contribution in [0.15, 0.2) is 91.0 Å². The molecule has 97 valence electrons. The Bertz CT molecular complexity index is 563. The molecule has 0 amide bonds. The van der Waals surface area contributed by atoms with Crippen LogP contribution in [0.2, 0.25) is 0 Å². The molecule has 0 aliphatic rings. The van der Waals surface area contributed by atoms with Crippen LogP contribution >= 0.6 is 0 Å². The van der Waals surface area contributed by atoms with Gasteiger partial charge in [0, 0.05) is 0 Å². The lowest BCUT2D eigenvalue weighted by Gasteiger charge is -2.30. The van der Waals surface area contributed by atoms with Crippen molar-refractivity contribution in [3.8, 4) is 0 Å². The standard InChI is InChI=1S/C19H16N/c20-19(16-10-4-1-5-11-16,17-12-6-2-7-13-17)18-14-8-3-9-15-18/h1-15,20H. The maximum Gasteiger partial charge on any atom is 0.107 e. The predicted molar refractivity (Wildman–Crippen MR) is 82.3 cm³/mol. The van der Waals surface area contributed by atoms with Crippen LogP contribution in [-0.2, 0) is 5.54 Å². The first-order chi connectivity index (χ1) is 9.82. The first-order valence-electron chi connectivity index (χ1n) is 6.73. The number of hydrogen-bond donors (Lipinski definition) is 0. The Morgan fingerprint density at radius 1 is 0.450 bits per heavy atom. The summed E-state index contributed by atoms with van der Waals surface area (Å²) in [6.45, 7) is 0. The molecular weight excluding hydrogens is 242 g/mol. The molecular formula is C19H16N. The molecule has 3 aromatic rings. The van der Waals surface area contributed by atoms with Gasteiger partial charge in [-0.1, -0.05) is 91.0 Å². The molecule has 0 atom stereocenters. The van der Waals surface area contributed by atoms with E-state index in [1.54, 1.807) is 0 Å². The van der Waals surface area contributed by atoms with Gasteiger partial charge in [-0.2, -0.15) is 0 Å². The van der Waals surface area contributed by atoms with Crippen molar-refractivity contribution < 1.29 is 0 Å². The molecule has 3 aromatic carbocycles. The minimum Gasteiger partial charge on any atom is -0.237 e. The molecule has 0 aliphatic carbocycles. The van der Waals surface area contributed by atoms with Gasteiger partial charge in [-0.3, -0.25) is 0 Å². The van der Waals surface area contributed by atoms with Crippen LogP contribution in [0.1, 0.15) is 16.7 Å². The van der Waals surface area contributed by atoms with Crippen molar-refractivity contribution >= 4 is 0 Å². The van der Waals surface area contributed by atoms with E-state index in [0.717, 1.165) is 16.7 Å². The van der Waals surface area contributed by atoms with Gasteiger partial charge in [-0.05, 0) is 16.7 Å². The third kappa shape index (κ3) is 2.13. The molecule has 0 aromatic heterocycles. The van der Waals surface area contributed by atoms with E-state index in [9.17, 15) is 0 Å². The van der Waals surface area contributed by atoms with Gasteiger partial charge in [0.15, 0.2) is 0 Å².